The summed E-state index contributed by atoms with van der Waals surface area (Å²) in [6.45, 7) is 1.87. The zero-order valence-corrected chi connectivity index (χ0v) is 10.3. The first-order chi connectivity index (χ1) is 8.17. The second-order valence-corrected chi connectivity index (χ2v) is 4.13. The van der Waals surface area contributed by atoms with E-state index in [-0.39, 0.29) is 11.9 Å². The fraction of sp³-hybridized carbons (Fsp3) is 0.357. The van der Waals surface area contributed by atoms with Gasteiger partial charge in [-0.05, 0) is 42.2 Å². The highest BCUT2D eigenvalue weighted by Crippen LogP contribution is 2.35. The van der Waals surface area contributed by atoms with Crippen LogP contribution in [0.3, 0.4) is 0 Å². The van der Waals surface area contributed by atoms with Crippen molar-refractivity contribution in [1.82, 2.24) is 0 Å². The van der Waals surface area contributed by atoms with Crippen LogP contribution in [0.15, 0.2) is 24.3 Å². The Morgan fingerprint density at radius 3 is 2.76 bits per heavy atom. The number of hydrogen-bond acceptors (Lipinski definition) is 3. The van der Waals surface area contributed by atoms with Gasteiger partial charge in [-0.25, -0.2) is 0 Å². The standard InChI is InChI=1S/C14H16O3/c1-9(14(15)17-3)12-6-4-10-8-11(16-2)5-7-13(10)12/h5-9H,4H2,1-3H3. The molecule has 1 aliphatic rings. The molecular weight excluding hydrogens is 216 g/mol. The Hall–Kier alpha value is -1.77. The highest BCUT2D eigenvalue weighted by molar-refractivity contribution is 5.90. The minimum atomic E-state index is -0.213. The molecule has 0 saturated heterocycles. The number of fused-ring (bicyclic) bond motifs is 1. The topological polar surface area (TPSA) is 35.5 Å². The van der Waals surface area contributed by atoms with Gasteiger partial charge < -0.3 is 9.47 Å². The SMILES string of the molecule is COC(=O)C(C)C1=CCc2cc(OC)ccc21. The van der Waals surface area contributed by atoms with E-state index in [2.05, 4.69) is 6.08 Å². The van der Waals surface area contributed by atoms with Crippen LogP contribution >= 0.6 is 0 Å². The zero-order valence-electron chi connectivity index (χ0n) is 10.3. The van der Waals surface area contributed by atoms with Crippen molar-refractivity contribution in [2.75, 3.05) is 14.2 Å². The number of carbonyl (C=O) groups is 1. The highest BCUT2D eigenvalue weighted by Gasteiger charge is 2.24. The lowest BCUT2D eigenvalue weighted by Crippen LogP contribution is -2.13. The molecule has 1 aliphatic carbocycles. The third-order valence-corrected chi connectivity index (χ3v) is 3.19. The Kier molecular flexibility index (Phi) is 3.18. The van der Waals surface area contributed by atoms with Gasteiger partial charge in [-0.1, -0.05) is 12.1 Å². The fourth-order valence-corrected chi connectivity index (χ4v) is 2.19. The maximum atomic E-state index is 11.5. The van der Waals surface area contributed by atoms with Crippen LogP contribution in [0.2, 0.25) is 0 Å². The summed E-state index contributed by atoms with van der Waals surface area (Å²) in [5.74, 6) is 0.443. The molecule has 17 heavy (non-hydrogen) atoms. The Morgan fingerprint density at radius 2 is 2.12 bits per heavy atom. The minimum absolute atomic E-state index is 0.195. The molecule has 0 bridgehead atoms. The number of ether oxygens (including phenoxy) is 2. The smallest absolute Gasteiger partial charge is 0.312 e. The summed E-state index contributed by atoms with van der Waals surface area (Å²) in [5.41, 5.74) is 3.38. The molecule has 0 fully saturated rings. The molecular formula is C14H16O3. The predicted molar refractivity (Wildman–Crippen MR) is 65.9 cm³/mol. The molecule has 1 aromatic rings. The molecule has 3 nitrogen and oxygen atoms in total. The van der Waals surface area contributed by atoms with E-state index in [1.807, 2.05) is 25.1 Å². The Bertz CT molecular complexity index is 474. The third kappa shape index (κ3) is 2.05. The van der Waals surface area contributed by atoms with E-state index in [1.54, 1.807) is 7.11 Å². The van der Waals surface area contributed by atoms with Gasteiger partial charge in [0.2, 0.25) is 0 Å². The molecule has 1 atom stereocenters. The van der Waals surface area contributed by atoms with Crippen molar-refractivity contribution in [3.05, 3.63) is 35.4 Å². The Balaban J connectivity index is 2.30. The second-order valence-electron chi connectivity index (χ2n) is 4.13. The molecule has 2 rings (SSSR count). The molecule has 90 valence electrons. The van der Waals surface area contributed by atoms with E-state index >= 15 is 0 Å². The van der Waals surface area contributed by atoms with Gasteiger partial charge >= 0.3 is 5.97 Å². The van der Waals surface area contributed by atoms with Gasteiger partial charge in [0.05, 0.1) is 20.1 Å². The van der Waals surface area contributed by atoms with E-state index in [1.165, 1.54) is 12.7 Å². The molecule has 0 aliphatic heterocycles. The van der Waals surface area contributed by atoms with E-state index < -0.39 is 0 Å². The van der Waals surface area contributed by atoms with E-state index in [9.17, 15) is 4.79 Å². The number of hydrogen-bond donors (Lipinski definition) is 0. The fourth-order valence-electron chi connectivity index (χ4n) is 2.19. The van der Waals surface area contributed by atoms with Crippen LogP contribution in [0.5, 0.6) is 5.75 Å². The first kappa shape index (κ1) is 11.7. The summed E-state index contributed by atoms with van der Waals surface area (Å²) in [5, 5.41) is 0. The van der Waals surface area contributed by atoms with Gasteiger partial charge in [0, 0.05) is 0 Å². The monoisotopic (exact) mass is 232 g/mol. The maximum Gasteiger partial charge on any atom is 0.312 e. The van der Waals surface area contributed by atoms with Crippen molar-refractivity contribution in [1.29, 1.82) is 0 Å². The van der Waals surface area contributed by atoms with Gasteiger partial charge in [0.1, 0.15) is 5.75 Å². The van der Waals surface area contributed by atoms with E-state index in [0.717, 1.165) is 23.3 Å². The summed E-state index contributed by atoms with van der Waals surface area (Å²) in [4.78, 5) is 11.5. The number of benzene rings is 1. The van der Waals surface area contributed by atoms with Crippen LogP contribution in [0.4, 0.5) is 0 Å². The van der Waals surface area contributed by atoms with Gasteiger partial charge in [0.25, 0.3) is 0 Å². The van der Waals surface area contributed by atoms with Crippen molar-refractivity contribution in [3.8, 4) is 5.75 Å². The van der Waals surface area contributed by atoms with Crippen molar-refractivity contribution in [2.45, 2.75) is 13.3 Å². The van der Waals surface area contributed by atoms with Crippen LogP contribution in [-0.4, -0.2) is 20.2 Å². The van der Waals surface area contributed by atoms with Crippen molar-refractivity contribution < 1.29 is 14.3 Å². The van der Waals surface area contributed by atoms with Crippen molar-refractivity contribution in [2.24, 2.45) is 5.92 Å². The Morgan fingerprint density at radius 1 is 1.35 bits per heavy atom. The maximum absolute atomic E-state index is 11.5. The molecule has 0 saturated carbocycles. The molecule has 0 heterocycles. The number of rotatable bonds is 3. The summed E-state index contributed by atoms with van der Waals surface area (Å²) in [7, 11) is 3.07. The largest absolute Gasteiger partial charge is 0.497 e. The predicted octanol–water partition coefficient (Wildman–Crippen LogP) is 2.44. The van der Waals surface area contributed by atoms with E-state index in [0.29, 0.717) is 0 Å². The summed E-state index contributed by atoms with van der Waals surface area (Å²) >= 11 is 0. The van der Waals surface area contributed by atoms with Crippen LogP contribution in [-0.2, 0) is 16.0 Å². The third-order valence-electron chi connectivity index (χ3n) is 3.19. The minimum Gasteiger partial charge on any atom is -0.497 e. The molecule has 0 aromatic heterocycles. The van der Waals surface area contributed by atoms with Crippen molar-refractivity contribution in [3.63, 3.8) is 0 Å². The lowest BCUT2D eigenvalue weighted by atomic mass is 9.95. The average Bonchev–Trinajstić information content (AvgIpc) is 2.79. The molecule has 3 heteroatoms. The van der Waals surface area contributed by atoms with Crippen LogP contribution in [0.1, 0.15) is 18.1 Å². The van der Waals surface area contributed by atoms with Crippen LogP contribution in [0, 0.1) is 5.92 Å². The van der Waals surface area contributed by atoms with Gasteiger partial charge in [-0.2, -0.15) is 0 Å². The molecule has 0 spiro atoms. The summed E-state index contributed by atoms with van der Waals surface area (Å²) < 4.78 is 9.97. The number of esters is 1. The molecule has 1 unspecified atom stereocenters. The Labute approximate surface area is 101 Å². The van der Waals surface area contributed by atoms with Gasteiger partial charge in [-0.3, -0.25) is 4.79 Å². The average molecular weight is 232 g/mol. The lowest BCUT2D eigenvalue weighted by Gasteiger charge is -2.12. The number of carbonyl (C=O) groups excluding carboxylic acids is 1. The zero-order chi connectivity index (χ0) is 12.4. The lowest BCUT2D eigenvalue weighted by molar-refractivity contribution is -0.142. The molecule has 0 N–H and O–H groups in total. The van der Waals surface area contributed by atoms with E-state index in [4.69, 9.17) is 9.47 Å². The highest BCUT2D eigenvalue weighted by atomic mass is 16.5. The summed E-state index contributed by atoms with van der Waals surface area (Å²) in [6.07, 6.45) is 2.94. The quantitative estimate of drug-likeness (QED) is 0.751. The van der Waals surface area contributed by atoms with Crippen LogP contribution in [0.25, 0.3) is 5.57 Å². The number of allylic oxidation sites excluding steroid dienone is 1. The summed E-state index contributed by atoms with van der Waals surface area (Å²) in [6, 6.07) is 5.94. The number of methoxy groups -OCH3 is 2. The molecule has 1 aromatic carbocycles. The van der Waals surface area contributed by atoms with Crippen LogP contribution < -0.4 is 4.74 Å². The molecule has 0 radical (unpaired) electrons. The van der Waals surface area contributed by atoms with Crippen molar-refractivity contribution >= 4 is 11.5 Å². The second kappa shape index (κ2) is 4.62. The first-order valence-corrected chi connectivity index (χ1v) is 5.62. The van der Waals surface area contributed by atoms with Gasteiger partial charge in [0.15, 0.2) is 0 Å². The first-order valence-electron chi connectivity index (χ1n) is 5.62. The molecule has 0 amide bonds. The normalized spacial score (nSPS) is 14.9. The van der Waals surface area contributed by atoms with Gasteiger partial charge in [-0.15, -0.1) is 0 Å².